The van der Waals surface area contributed by atoms with Crippen molar-refractivity contribution >= 4 is 22.6 Å². The van der Waals surface area contributed by atoms with Crippen LogP contribution in [0.5, 0.6) is 0 Å². The van der Waals surface area contributed by atoms with Crippen molar-refractivity contribution in [3.05, 3.63) is 72.3 Å². The van der Waals surface area contributed by atoms with Gasteiger partial charge in [-0.05, 0) is 35.5 Å². The molecule has 2 aromatic heterocycles. The number of hydrogen-bond acceptors (Lipinski definition) is 5. The van der Waals surface area contributed by atoms with Gasteiger partial charge in [0.05, 0.1) is 5.52 Å². The molecule has 0 saturated carbocycles. The van der Waals surface area contributed by atoms with E-state index in [-0.39, 0.29) is 11.5 Å². The maximum absolute atomic E-state index is 13.7. The van der Waals surface area contributed by atoms with E-state index in [1.807, 2.05) is 30.3 Å². The third-order valence-electron chi connectivity index (χ3n) is 3.52. The van der Waals surface area contributed by atoms with Crippen molar-refractivity contribution in [3.8, 4) is 5.69 Å². The number of carbonyl (C=O) groups is 1. The zero-order chi connectivity index (χ0) is 17.2. The van der Waals surface area contributed by atoms with Crippen molar-refractivity contribution in [2.75, 3.05) is 5.32 Å². The fraction of sp³-hybridized carbons (Fsp3) is 0. The first-order chi connectivity index (χ1) is 12.2. The molecule has 0 aliphatic carbocycles. The number of nitrogens with zero attached hydrogens (tertiary/aromatic N) is 5. The number of hydrogen-bond donors (Lipinski definition) is 1. The lowest BCUT2D eigenvalue weighted by molar-refractivity contribution is 0.101. The molecule has 2 aromatic carbocycles. The molecule has 0 aliphatic heterocycles. The van der Waals surface area contributed by atoms with Crippen LogP contribution in [-0.4, -0.2) is 31.1 Å². The average molecular weight is 334 g/mol. The summed E-state index contributed by atoms with van der Waals surface area (Å²) in [6, 6.07) is 17.0. The summed E-state index contributed by atoms with van der Waals surface area (Å²) < 4.78 is 13.7. The Morgan fingerprint density at radius 1 is 1.00 bits per heavy atom. The number of benzene rings is 2. The van der Waals surface area contributed by atoms with E-state index in [2.05, 4.69) is 25.7 Å². The van der Waals surface area contributed by atoms with Gasteiger partial charge in [-0.25, -0.2) is 9.37 Å². The average Bonchev–Trinajstić information content (AvgIpc) is 3.12. The number of aromatic nitrogens is 5. The summed E-state index contributed by atoms with van der Waals surface area (Å²) >= 11 is 0. The van der Waals surface area contributed by atoms with Crippen LogP contribution in [0.1, 0.15) is 10.6 Å². The van der Waals surface area contributed by atoms with Crippen LogP contribution in [0.3, 0.4) is 0 Å². The minimum absolute atomic E-state index is 0.109. The Balaban J connectivity index is 1.58. The second-order valence-electron chi connectivity index (χ2n) is 5.20. The van der Waals surface area contributed by atoms with Crippen molar-refractivity contribution in [2.24, 2.45) is 0 Å². The standard InChI is InChI=1S/C17H11FN6O/c18-12-6-2-4-8-14(12)24-22-16(21-23-24)17(25)20-15-10-9-11-5-1-3-7-13(11)19-15/h1-10H,(H,19,20,25). The number of carbonyl (C=O) groups excluding carboxylic acids is 1. The topological polar surface area (TPSA) is 85.6 Å². The van der Waals surface area contributed by atoms with Gasteiger partial charge in [-0.3, -0.25) is 4.79 Å². The van der Waals surface area contributed by atoms with Crippen LogP contribution in [-0.2, 0) is 0 Å². The Morgan fingerprint density at radius 2 is 1.80 bits per heavy atom. The van der Waals surface area contributed by atoms with E-state index in [1.165, 1.54) is 12.1 Å². The maximum atomic E-state index is 13.7. The Hall–Kier alpha value is -3.68. The second-order valence-corrected chi connectivity index (χ2v) is 5.20. The molecule has 0 saturated heterocycles. The van der Waals surface area contributed by atoms with Gasteiger partial charge in [-0.15, -0.1) is 15.0 Å². The molecule has 4 aromatic rings. The predicted molar refractivity (Wildman–Crippen MR) is 88.8 cm³/mol. The van der Waals surface area contributed by atoms with Gasteiger partial charge >= 0.3 is 0 Å². The Labute approximate surface area is 141 Å². The zero-order valence-corrected chi connectivity index (χ0v) is 12.8. The lowest BCUT2D eigenvalue weighted by Crippen LogP contribution is -2.15. The fourth-order valence-electron chi connectivity index (χ4n) is 2.33. The van der Waals surface area contributed by atoms with Gasteiger partial charge in [-0.1, -0.05) is 30.3 Å². The van der Waals surface area contributed by atoms with Crippen LogP contribution in [0.4, 0.5) is 10.2 Å². The summed E-state index contributed by atoms with van der Waals surface area (Å²) in [6.45, 7) is 0. The number of halogens is 1. The van der Waals surface area contributed by atoms with E-state index in [4.69, 9.17) is 0 Å². The number of fused-ring (bicyclic) bond motifs is 1. The maximum Gasteiger partial charge on any atom is 0.298 e. The molecular formula is C17H11FN6O. The van der Waals surface area contributed by atoms with Gasteiger partial charge in [0.2, 0.25) is 0 Å². The molecule has 122 valence electrons. The van der Waals surface area contributed by atoms with E-state index < -0.39 is 11.7 Å². The van der Waals surface area contributed by atoms with E-state index in [9.17, 15) is 9.18 Å². The molecule has 0 fully saturated rings. The molecule has 0 bridgehead atoms. The second kappa shape index (κ2) is 6.08. The van der Waals surface area contributed by atoms with Gasteiger partial charge in [0.1, 0.15) is 11.5 Å². The number of pyridine rings is 1. The summed E-state index contributed by atoms with van der Waals surface area (Å²) in [7, 11) is 0. The van der Waals surface area contributed by atoms with Crippen LogP contribution < -0.4 is 5.32 Å². The largest absolute Gasteiger partial charge is 0.304 e. The number of amides is 1. The quantitative estimate of drug-likeness (QED) is 0.622. The molecule has 1 amide bonds. The number of para-hydroxylation sites is 2. The molecule has 7 nitrogen and oxygen atoms in total. The normalized spacial score (nSPS) is 10.8. The summed E-state index contributed by atoms with van der Waals surface area (Å²) in [5, 5.41) is 14.9. The first-order valence-electron chi connectivity index (χ1n) is 7.43. The monoisotopic (exact) mass is 334 g/mol. The highest BCUT2D eigenvalue weighted by Gasteiger charge is 2.16. The van der Waals surface area contributed by atoms with Gasteiger partial charge in [-0.2, -0.15) is 0 Å². The lowest BCUT2D eigenvalue weighted by Gasteiger charge is -2.03. The van der Waals surface area contributed by atoms with E-state index in [0.29, 0.717) is 5.82 Å². The van der Waals surface area contributed by atoms with E-state index >= 15 is 0 Å². The number of tetrazole rings is 1. The molecule has 1 N–H and O–H groups in total. The van der Waals surface area contributed by atoms with Crippen LogP contribution >= 0.6 is 0 Å². The van der Waals surface area contributed by atoms with E-state index in [1.54, 1.807) is 18.2 Å². The Kier molecular flexibility index (Phi) is 3.62. The Morgan fingerprint density at radius 3 is 2.68 bits per heavy atom. The van der Waals surface area contributed by atoms with Crippen molar-refractivity contribution < 1.29 is 9.18 Å². The van der Waals surface area contributed by atoms with Gasteiger partial charge < -0.3 is 5.32 Å². The van der Waals surface area contributed by atoms with Gasteiger partial charge in [0.15, 0.2) is 5.82 Å². The SMILES string of the molecule is O=C(Nc1ccc2ccccc2n1)c1nnn(-c2ccccc2F)n1. The van der Waals surface area contributed by atoms with Crippen LogP contribution in [0, 0.1) is 5.82 Å². The third kappa shape index (κ3) is 2.92. The highest BCUT2D eigenvalue weighted by Crippen LogP contribution is 2.15. The fourth-order valence-corrected chi connectivity index (χ4v) is 2.33. The number of anilines is 1. The first kappa shape index (κ1) is 14.9. The first-order valence-corrected chi connectivity index (χ1v) is 7.43. The molecule has 25 heavy (non-hydrogen) atoms. The number of rotatable bonds is 3. The predicted octanol–water partition coefficient (Wildman–Crippen LogP) is 2.60. The van der Waals surface area contributed by atoms with Crippen molar-refractivity contribution in [2.45, 2.75) is 0 Å². The molecule has 2 heterocycles. The summed E-state index contributed by atoms with van der Waals surface area (Å²) in [6.07, 6.45) is 0. The van der Waals surface area contributed by atoms with Crippen LogP contribution in [0.15, 0.2) is 60.7 Å². The molecule has 0 spiro atoms. The van der Waals surface area contributed by atoms with Crippen molar-refractivity contribution in [1.29, 1.82) is 0 Å². The summed E-state index contributed by atoms with van der Waals surface area (Å²) in [5.74, 6) is -0.905. The molecule has 0 aliphatic rings. The van der Waals surface area contributed by atoms with Gasteiger partial charge in [0.25, 0.3) is 11.7 Å². The molecular weight excluding hydrogens is 323 g/mol. The minimum Gasteiger partial charge on any atom is -0.304 e. The highest BCUT2D eigenvalue weighted by atomic mass is 19.1. The molecule has 8 heteroatoms. The zero-order valence-electron chi connectivity index (χ0n) is 12.8. The molecule has 0 atom stereocenters. The van der Waals surface area contributed by atoms with Crippen molar-refractivity contribution in [3.63, 3.8) is 0 Å². The van der Waals surface area contributed by atoms with Crippen molar-refractivity contribution in [1.82, 2.24) is 25.2 Å². The van der Waals surface area contributed by atoms with E-state index in [0.717, 1.165) is 15.7 Å². The number of nitrogens with one attached hydrogen (secondary N) is 1. The Bertz CT molecular complexity index is 1080. The molecule has 4 rings (SSSR count). The smallest absolute Gasteiger partial charge is 0.298 e. The summed E-state index contributed by atoms with van der Waals surface area (Å²) in [4.78, 5) is 17.6. The third-order valence-corrected chi connectivity index (χ3v) is 3.52. The molecule has 0 unspecified atom stereocenters. The lowest BCUT2D eigenvalue weighted by atomic mass is 10.2. The highest BCUT2D eigenvalue weighted by molar-refractivity contribution is 6.01. The van der Waals surface area contributed by atoms with Gasteiger partial charge in [0, 0.05) is 5.39 Å². The molecule has 0 radical (unpaired) electrons. The van der Waals surface area contributed by atoms with Crippen LogP contribution in [0.2, 0.25) is 0 Å². The minimum atomic E-state index is -0.578. The van der Waals surface area contributed by atoms with Crippen LogP contribution in [0.25, 0.3) is 16.6 Å². The summed E-state index contributed by atoms with van der Waals surface area (Å²) in [5.41, 5.74) is 0.862.